The summed E-state index contributed by atoms with van der Waals surface area (Å²) in [5, 5.41) is 10.0. The van der Waals surface area contributed by atoms with E-state index >= 15 is 0 Å². The molecule has 0 amide bonds. The number of hydrogen-bond donors (Lipinski definition) is 1. The van der Waals surface area contributed by atoms with Crippen LogP contribution in [0.15, 0.2) is 91.0 Å². The van der Waals surface area contributed by atoms with Gasteiger partial charge in [0.05, 0.1) is 39.1 Å². The van der Waals surface area contributed by atoms with Crippen molar-refractivity contribution in [2.24, 2.45) is 0 Å². The normalized spacial score (nSPS) is 15.7. The van der Waals surface area contributed by atoms with E-state index < -0.39 is 6.04 Å². The molecule has 1 heterocycles. The summed E-state index contributed by atoms with van der Waals surface area (Å²) in [5.74, 6) is 2.43. The molecule has 0 aliphatic carbocycles. The summed E-state index contributed by atoms with van der Waals surface area (Å²) in [5.41, 5.74) is 4.64. The highest BCUT2D eigenvalue weighted by Crippen LogP contribution is 2.47. The van der Waals surface area contributed by atoms with Gasteiger partial charge < -0.3 is 38.4 Å². The van der Waals surface area contributed by atoms with Gasteiger partial charge in [-0.3, -0.25) is 9.69 Å². The number of carbonyl (C=O) groups is 3. The lowest BCUT2D eigenvalue weighted by Crippen LogP contribution is -2.33. The minimum Gasteiger partial charge on any atom is -0.508 e. The molecule has 4 aromatic rings. The van der Waals surface area contributed by atoms with Crippen molar-refractivity contribution < 1.29 is 43.2 Å². The van der Waals surface area contributed by atoms with Crippen LogP contribution in [-0.2, 0) is 25.6 Å². The van der Waals surface area contributed by atoms with E-state index in [9.17, 15) is 19.5 Å². The Labute approximate surface area is 298 Å². The Morgan fingerprint density at radius 1 is 0.804 bits per heavy atom. The molecule has 0 saturated carbocycles. The van der Waals surface area contributed by atoms with Gasteiger partial charge in [-0.15, -0.1) is 0 Å². The minimum absolute atomic E-state index is 0.0647. The van der Waals surface area contributed by atoms with E-state index in [-0.39, 0.29) is 17.6 Å². The summed E-state index contributed by atoms with van der Waals surface area (Å²) < 4.78 is 29.1. The molecule has 1 unspecified atom stereocenters. The zero-order valence-corrected chi connectivity index (χ0v) is 28.9. The number of fused-ring (bicyclic) bond motifs is 1. The number of hydrogen-bond acceptors (Lipinski definition) is 10. The highest BCUT2D eigenvalue weighted by molar-refractivity contribution is 5.77. The van der Waals surface area contributed by atoms with E-state index in [1.807, 2.05) is 41.3 Å². The van der Waals surface area contributed by atoms with Gasteiger partial charge in [0.25, 0.3) is 0 Å². The third kappa shape index (κ3) is 10.5. The average Bonchev–Trinajstić information content (AvgIpc) is 3.16. The number of rotatable bonds is 21. The standard InChI is InChI=1S/C41H45NO9/c1-42(34(28-45)8-5-17-43)26-33-24-37(15-11-32(33)27-44)50-23-21-48-19-18-47-20-22-49-36-13-9-31(10-14-36)41-38-16-12-35(46)25-40(38)51-29-39(41)30-6-3-2-4-7-30/h2-4,6-7,9-17,24-25,27-28,34,39,41,46H,5,8,18-23,26,29H2,1H3/t34?,39-,41-/m1/s1. The van der Waals surface area contributed by atoms with E-state index in [1.165, 1.54) is 5.56 Å². The second kappa shape index (κ2) is 19.4. The molecule has 10 nitrogen and oxygen atoms in total. The predicted molar refractivity (Wildman–Crippen MR) is 192 cm³/mol. The first kappa shape index (κ1) is 37.2. The van der Waals surface area contributed by atoms with E-state index in [0.717, 1.165) is 41.3 Å². The molecule has 4 aromatic carbocycles. The zero-order chi connectivity index (χ0) is 35.8. The molecule has 0 fully saturated rings. The molecule has 10 heteroatoms. The first-order valence-corrected chi connectivity index (χ1v) is 17.2. The van der Waals surface area contributed by atoms with Crippen LogP contribution in [0.1, 0.15) is 57.3 Å². The van der Waals surface area contributed by atoms with Crippen molar-refractivity contribution in [2.75, 3.05) is 53.3 Å². The van der Waals surface area contributed by atoms with Crippen LogP contribution >= 0.6 is 0 Å². The number of phenolic OH excluding ortho intramolecular Hbond substituents is 1. The topological polar surface area (TPSA) is 121 Å². The molecule has 0 radical (unpaired) electrons. The van der Waals surface area contributed by atoms with Gasteiger partial charge in [-0.25, -0.2) is 0 Å². The fourth-order valence-corrected chi connectivity index (χ4v) is 6.27. The maximum absolute atomic E-state index is 11.6. The highest BCUT2D eigenvalue weighted by atomic mass is 16.6. The zero-order valence-electron chi connectivity index (χ0n) is 28.9. The number of benzene rings is 4. The maximum Gasteiger partial charge on any atom is 0.150 e. The first-order valence-electron chi connectivity index (χ1n) is 17.2. The van der Waals surface area contributed by atoms with Gasteiger partial charge in [0, 0.05) is 42.0 Å². The fraction of sp³-hybridized carbons (Fsp3) is 0.341. The van der Waals surface area contributed by atoms with Crippen LogP contribution in [0.3, 0.4) is 0 Å². The van der Waals surface area contributed by atoms with Crippen LogP contribution in [0.4, 0.5) is 0 Å². The molecule has 3 atom stereocenters. The van der Waals surface area contributed by atoms with Crippen molar-refractivity contribution in [3.8, 4) is 23.0 Å². The second-order valence-electron chi connectivity index (χ2n) is 12.4. The smallest absolute Gasteiger partial charge is 0.150 e. The van der Waals surface area contributed by atoms with Gasteiger partial charge in [0.1, 0.15) is 55.1 Å². The molecular weight excluding hydrogens is 650 g/mol. The number of likely N-dealkylation sites (N-methyl/N-ethyl adjacent to an activating group) is 1. The van der Waals surface area contributed by atoms with Gasteiger partial charge in [-0.2, -0.15) is 0 Å². The van der Waals surface area contributed by atoms with Crippen LogP contribution in [0.25, 0.3) is 0 Å². The van der Waals surface area contributed by atoms with Gasteiger partial charge in [0.2, 0.25) is 0 Å². The van der Waals surface area contributed by atoms with Crippen molar-refractivity contribution in [1.29, 1.82) is 0 Å². The number of aromatic hydroxyl groups is 1. The third-order valence-corrected chi connectivity index (χ3v) is 8.95. The van der Waals surface area contributed by atoms with Crippen LogP contribution < -0.4 is 14.2 Å². The van der Waals surface area contributed by atoms with Crippen LogP contribution in [0.2, 0.25) is 0 Å². The summed E-state index contributed by atoms with van der Waals surface area (Å²) in [7, 11) is 1.79. The number of carbonyl (C=O) groups excluding carboxylic acids is 3. The minimum atomic E-state index is -0.415. The monoisotopic (exact) mass is 695 g/mol. The highest BCUT2D eigenvalue weighted by Gasteiger charge is 2.33. The number of ether oxygens (including phenoxy) is 5. The third-order valence-electron chi connectivity index (χ3n) is 8.95. The van der Waals surface area contributed by atoms with E-state index in [0.29, 0.717) is 82.7 Å². The van der Waals surface area contributed by atoms with Crippen LogP contribution in [0, 0.1) is 0 Å². The van der Waals surface area contributed by atoms with Crippen LogP contribution in [-0.4, -0.2) is 88.2 Å². The quantitative estimate of drug-likeness (QED) is 0.0823. The lowest BCUT2D eigenvalue weighted by atomic mass is 9.76. The Hall–Kier alpha value is -5.03. The lowest BCUT2D eigenvalue weighted by molar-refractivity contribution is -0.113. The van der Waals surface area contributed by atoms with Crippen LogP contribution in [0.5, 0.6) is 23.0 Å². The molecule has 5 rings (SSSR count). The molecule has 51 heavy (non-hydrogen) atoms. The van der Waals surface area contributed by atoms with Crippen molar-refractivity contribution >= 4 is 18.9 Å². The molecule has 0 aromatic heterocycles. The molecule has 268 valence electrons. The fourth-order valence-electron chi connectivity index (χ4n) is 6.27. The Balaban J connectivity index is 1.01. The van der Waals surface area contributed by atoms with E-state index in [1.54, 1.807) is 37.4 Å². The Morgan fingerprint density at radius 3 is 2.18 bits per heavy atom. The van der Waals surface area contributed by atoms with Gasteiger partial charge in [-0.05, 0) is 66.6 Å². The van der Waals surface area contributed by atoms with Gasteiger partial charge >= 0.3 is 0 Å². The van der Waals surface area contributed by atoms with E-state index in [2.05, 4.69) is 24.3 Å². The summed E-state index contributed by atoms with van der Waals surface area (Å²) in [6, 6.07) is 28.6. The van der Waals surface area contributed by atoms with Gasteiger partial charge in [0.15, 0.2) is 0 Å². The molecule has 0 bridgehead atoms. The van der Waals surface area contributed by atoms with Crippen molar-refractivity contribution in [3.05, 3.63) is 119 Å². The van der Waals surface area contributed by atoms with Crippen molar-refractivity contribution in [1.82, 2.24) is 4.90 Å². The Kier molecular flexibility index (Phi) is 14.2. The van der Waals surface area contributed by atoms with Crippen molar-refractivity contribution in [3.63, 3.8) is 0 Å². The molecule has 1 aliphatic rings. The lowest BCUT2D eigenvalue weighted by Gasteiger charge is -2.34. The Morgan fingerprint density at radius 2 is 1.49 bits per heavy atom. The molecular formula is C41H45NO9. The SMILES string of the molecule is CN(Cc1cc(OCCOCCOCCOc2ccc([C@@H]3c4ccc(O)cc4OC[C@@H]3c3ccccc3)cc2)ccc1C=O)C(C=O)CCC=O. The average molecular weight is 696 g/mol. The number of phenols is 1. The molecule has 1 N–H and O–H groups in total. The first-order chi connectivity index (χ1) is 25.0. The van der Waals surface area contributed by atoms with E-state index in [4.69, 9.17) is 23.7 Å². The molecule has 1 aliphatic heterocycles. The summed E-state index contributed by atoms with van der Waals surface area (Å²) >= 11 is 0. The number of nitrogens with zero attached hydrogens (tertiary/aromatic N) is 1. The predicted octanol–water partition coefficient (Wildman–Crippen LogP) is 5.98. The number of aldehydes is 3. The summed E-state index contributed by atoms with van der Waals surface area (Å²) in [6.45, 7) is 3.18. The molecule has 0 saturated heterocycles. The maximum atomic E-state index is 11.6. The summed E-state index contributed by atoms with van der Waals surface area (Å²) in [6.07, 6.45) is 3.11. The van der Waals surface area contributed by atoms with Gasteiger partial charge in [-0.1, -0.05) is 48.5 Å². The second-order valence-corrected chi connectivity index (χ2v) is 12.4. The largest absolute Gasteiger partial charge is 0.508 e. The molecule has 0 spiro atoms. The Bertz CT molecular complexity index is 1700. The van der Waals surface area contributed by atoms with Crippen molar-refractivity contribution in [2.45, 2.75) is 37.3 Å². The summed E-state index contributed by atoms with van der Waals surface area (Å²) in [4.78, 5) is 35.6.